The molecule has 12 heavy (non-hydrogen) atoms. The van der Waals surface area contributed by atoms with Crippen molar-refractivity contribution < 1.29 is 0 Å². The van der Waals surface area contributed by atoms with E-state index in [0.717, 1.165) is 22.3 Å². The van der Waals surface area contributed by atoms with E-state index < -0.39 is 0 Å². The number of nitrogens with zero attached hydrogens (tertiary/aromatic N) is 1. The minimum Gasteiger partial charge on any atom is -0.380 e. The number of halogens is 1. The SMILES string of the molecule is C=C(Br)CNc1ccncc1C. The standard InChI is InChI=1S/C9H11BrN2/c1-7-5-11-4-3-9(7)12-6-8(2)10/h3-5H,2,6H2,1H3,(H,11,12). The summed E-state index contributed by atoms with van der Waals surface area (Å²) in [6, 6.07) is 1.95. The molecule has 64 valence electrons. The Balaban J connectivity index is 2.63. The van der Waals surface area contributed by atoms with Crippen LogP contribution in [-0.2, 0) is 0 Å². The Bertz CT molecular complexity index is 284. The zero-order chi connectivity index (χ0) is 8.97. The van der Waals surface area contributed by atoms with Gasteiger partial charge in [-0.2, -0.15) is 0 Å². The lowest BCUT2D eigenvalue weighted by Gasteiger charge is -2.06. The predicted molar refractivity (Wildman–Crippen MR) is 55.5 cm³/mol. The molecule has 0 bridgehead atoms. The third-order valence-corrected chi connectivity index (χ3v) is 1.77. The molecule has 3 heteroatoms. The van der Waals surface area contributed by atoms with E-state index in [1.54, 1.807) is 6.20 Å². The Morgan fingerprint density at radius 1 is 1.75 bits per heavy atom. The molecule has 0 radical (unpaired) electrons. The smallest absolute Gasteiger partial charge is 0.0460 e. The van der Waals surface area contributed by atoms with E-state index in [2.05, 4.69) is 32.8 Å². The second-order valence-corrected chi connectivity index (χ2v) is 3.68. The first-order valence-electron chi connectivity index (χ1n) is 3.68. The minimum absolute atomic E-state index is 0.741. The largest absolute Gasteiger partial charge is 0.380 e. The van der Waals surface area contributed by atoms with Crippen LogP contribution in [0.25, 0.3) is 0 Å². The summed E-state index contributed by atoms with van der Waals surface area (Å²) >= 11 is 3.28. The van der Waals surface area contributed by atoms with Gasteiger partial charge in [-0.15, -0.1) is 0 Å². The Kier molecular flexibility index (Phi) is 3.29. The molecule has 1 aromatic rings. The van der Waals surface area contributed by atoms with Crippen molar-refractivity contribution in [2.24, 2.45) is 0 Å². The molecule has 0 aliphatic rings. The second-order valence-electron chi connectivity index (χ2n) is 2.56. The summed E-state index contributed by atoms with van der Waals surface area (Å²) in [5.41, 5.74) is 2.25. The van der Waals surface area contributed by atoms with E-state index in [0.29, 0.717) is 0 Å². The van der Waals surface area contributed by atoms with Crippen LogP contribution in [0.1, 0.15) is 5.56 Å². The summed E-state index contributed by atoms with van der Waals surface area (Å²) in [7, 11) is 0. The number of aryl methyl sites for hydroxylation is 1. The monoisotopic (exact) mass is 226 g/mol. The molecule has 0 spiro atoms. The molecule has 0 aliphatic carbocycles. The lowest BCUT2D eigenvalue weighted by Crippen LogP contribution is -2.02. The lowest BCUT2D eigenvalue weighted by molar-refractivity contribution is 1.23. The first-order chi connectivity index (χ1) is 5.70. The first kappa shape index (κ1) is 9.26. The van der Waals surface area contributed by atoms with E-state index in [4.69, 9.17) is 0 Å². The van der Waals surface area contributed by atoms with Crippen LogP contribution in [0.2, 0.25) is 0 Å². The third-order valence-electron chi connectivity index (χ3n) is 1.49. The van der Waals surface area contributed by atoms with Gasteiger partial charge in [-0.3, -0.25) is 4.98 Å². The van der Waals surface area contributed by atoms with Crippen LogP contribution in [-0.4, -0.2) is 11.5 Å². The predicted octanol–water partition coefficient (Wildman–Crippen LogP) is 2.71. The molecule has 1 N–H and O–H groups in total. The zero-order valence-corrected chi connectivity index (χ0v) is 8.56. The van der Waals surface area contributed by atoms with Crippen molar-refractivity contribution in [3.8, 4) is 0 Å². The minimum atomic E-state index is 0.741. The number of rotatable bonds is 3. The Morgan fingerprint density at radius 3 is 3.08 bits per heavy atom. The number of pyridine rings is 1. The van der Waals surface area contributed by atoms with E-state index in [-0.39, 0.29) is 0 Å². The van der Waals surface area contributed by atoms with Crippen LogP contribution in [0.3, 0.4) is 0 Å². The molecule has 1 rings (SSSR count). The van der Waals surface area contributed by atoms with Crippen molar-refractivity contribution in [2.75, 3.05) is 11.9 Å². The summed E-state index contributed by atoms with van der Waals surface area (Å²) in [4.78, 5) is 4.00. The highest BCUT2D eigenvalue weighted by Crippen LogP contribution is 2.12. The van der Waals surface area contributed by atoms with E-state index >= 15 is 0 Å². The molecule has 0 saturated carbocycles. The van der Waals surface area contributed by atoms with Crippen molar-refractivity contribution in [1.82, 2.24) is 4.98 Å². The first-order valence-corrected chi connectivity index (χ1v) is 4.47. The highest BCUT2D eigenvalue weighted by Gasteiger charge is 1.95. The molecule has 2 nitrogen and oxygen atoms in total. The van der Waals surface area contributed by atoms with Crippen LogP contribution < -0.4 is 5.32 Å². The van der Waals surface area contributed by atoms with Gasteiger partial charge in [0, 0.05) is 29.1 Å². The van der Waals surface area contributed by atoms with Gasteiger partial charge in [0.2, 0.25) is 0 Å². The molecule has 1 aromatic heterocycles. The fraction of sp³-hybridized carbons (Fsp3) is 0.222. The van der Waals surface area contributed by atoms with Crippen LogP contribution in [0.4, 0.5) is 5.69 Å². The van der Waals surface area contributed by atoms with E-state index in [1.165, 1.54) is 0 Å². The van der Waals surface area contributed by atoms with Gasteiger partial charge in [-0.05, 0) is 18.6 Å². The average molecular weight is 227 g/mol. The molecule has 0 atom stereocenters. The molecule has 0 unspecified atom stereocenters. The van der Waals surface area contributed by atoms with Gasteiger partial charge in [0.15, 0.2) is 0 Å². The third kappa shape index (κ3) is 2.66. The number of nitrogens with one attached hydrogen (secondary N) is 1. The summed E-state index contributed by atoms with van der Waals surface area (Å²) in [6.45, 7) is 6.50. The maximum Gasteiger partial charge on any atom is 0.0460 e. The van der Waals surface area contributed by atoms with Gasteiger partial charge >= 0.3 is 0 Å². The number of hydrogen-bond acceptors (Lipinski definition) is 2. The molecule has 0 aliphatic heterocycles. The van der Waals surface area contributed by atoms with Crippen LogP contribution >= 0.6 is 15.9 Å². The highest BCUT2D eigenvalue weighted by molar-refractivity contribution is 9.11. The molecule has 0 fully saturated rings. The van der Waals surface area contributed by atoms with Crippen molar-refractivity contribution in [2.45, 2.75) is 6.92 Å². The Labute approximate surface area is 80.8 Å². The van der Waals surface area contributed by atoms with E-state index in [1.807, 2.05) is 19.2 Å². The summed E-state index contributed by atoms with van der Waals surface area (Å²) in [5.74, 6) is 0. The van der Waals surface area contributed by atoms with Crippen LogP contribution in [0.15, 0.2) is 29.5 Å². The quantitative estimate of drug-likeness (QED) is 0.858. The fourth-order valence-corrected chi connectivity index (χ4v) is 1.00. The zero-order valence-electron chi connectivity index (χ0n) is 6.97. The van der Waals surface area contributed by atoms with Gasteiger partial charge in [0.25, 0.3) is 0 Å². The number of aromatic nitrogens is 1. The van der Waals surface area contributed by atoms with E-state index in [9.17, 15) is 0 Å². The summed E-state index contributed by atoms with van der Waals surface area (Å²) in [6.07, 6.45) is 3.60. The van der Waals surface area contributed by atoms with Gasteiger partial charge in [-0.1, -0.05) is 22.5 Å². The summed E-state index contributed by atoms with van der Waals surface area (Å²) in [5, 5.41) is 3.23. The highest BCUT2D eigenvalue weighted by atomic mass is 79.9. The maximum atomic E-state index is 4.00. The van der Waals surface area contributed by atoms with Crippen molar-refractivity contribution in [1.29, 1.82) is 0 Å². The molecule has 0 saturated heterocycles. The topological polar surface area (TPSA) is 24.9 Å². The second kappa shape index (κ2) is 4.26. The molecular formula is C9H11BrN2. The normalized spacial score (nSPS) is 9.50. The maximum absolute atomic E-state index is 4.00. The van der Waals surface area contributed by atoms with Gasteiger partial charge in [-0.25, -0.2) is 0 Å². The Morgan fingerprint density at radius 2 is 2.50 bits per heavy atom. The average Bonchev–Trinajstić information content (AvgIpc) is 2.03. The van der Waals surface area contributed by atoms with Gasteiger partial charge in [0.1, 0.15) is 0 Å². The van der Waals surface area contributed by atoms with Crippen LogP contribution in [0, 0.1) is 6.92 Å². The summed E-state index contributed by atoms with van der Waals surface area (Å²) < 4.78 is 0.943. The van der Waals surface area contributed by atoms with Crippen molar-refractivity contribution in [3.05, 3.63) is 35.1 Å². The lowest BCUT2D eigenvalue weighted by atomic mass is 10.2. The Hall–Kier alpha value is -0.830. The number of anilines is 1. The molecular weight excluding hydrogens is 216 g/mol. The van der Waals surface area contributed by atoms with Gasteiger partial charge in [0.05, 0.1) is 0 Å². The molecule has 1 heterocycles. The number of hydrogen-bond donors (Lipinski definition) is 1. The van der Waals surface area contributed by atoms with Crippen molar-refractivity contribution >= 4 is 21.6 Å². The van der Waals surface area contributed by atoms with Gasteiger partial charge < -0.3 is 5.32 Å². The molecule has 0 amide bonds. The van der Waals surface area contributed by atoms with Crippen molar-refractivity contribution in [3.63, 3.8) is 0 Å². The molecule has 0 aromatic carbocycles. The van der Waals surface area contributed by atoms with Crippen LogP contribution in [0.5, 0.6) is 0 Å². The fourth-order valence-electron chi connectivity index (χ4n) is 0.863.